The van der Waals surface area contributed by atoms with Crippen molar-refractivity contribution < 1.29 is 4.79 Å². The van der Waals surface area contributed by atoms with Crippen LogP contribution < -0.4 is 15.5 Å². The third-order valence-corrected chi connectivity index (χ3v) is 4.47. The molecule has 1 aliphatic rings. The van der Waals surface area contributed by atoms with E-state index < -0.39 is 0 Å². The zero-order chi connectivity index (χ0) is 17.6. The molecule has 0 saturated heterocycles. The van der Waals surface area contributed by atoms with Crippen molar-refractivity contribution in [3.05, 3.63) is 42.2 Å². The molecule has 3 rings (SSSR count). The quantitative estimate of drug-likeness (QED) is 0.872. The smallest absolute Gasteiger partial charge is 0.274 e. The van der Waals surface area contributed by atoms with E-state index in [9.17, 15) is 4.79 Å². The minimum Gasteiger partial charge on any atom is -0.378 e. The molecule has 1 amide bonds. The number of rotatable bonds is 5. The normalized spacial score (nSPS) is 14.8. The maximum atomic E-state index is 12.4. The Kier molecular flexibility index (Phi) is 5.48. The van der Waals surface area contributed by atoms with Crippen molar-refractivity contribution in [1.29, 1.82) is 0 Å². The van der Waals surface area contributed by atoms with Crippen LogP contribution in [0.15, 0.2) is 36.5 Å². The molecule has 1 aliphatic carbocycles. The van der Waals surface area contributed by atoms with Gasteiger partial charge in [-0.1, -0.05) is 19.3 Å². The van der Waals surface area contributed by atoms with Crippen LogP contribution in [0.1, 0.15) is 42.6 Å². The largest absolute Gasteiger partial charge is 0.378 e. The molecule has 132 valence electrons. The summed E-state index contributed by atoms with van der Waals surface area (Å²) in [5.41, 5.74) is 2.19. The lowest BCUT2D eigenvalue weighted by Gasteiger charge is -2.22. The molecule has 25 heavy (non-hydrogen) atoms. The van der Waals surface area contributed by atoms with Gasteiger partial charge in [0.2, 0.25) is 5.95 Å². The van der Waals surface area contributed by atoms with Crippen LogP contribution in [0.5, 0.6) is 0 Å². The lowest BCUT2D eigenvalue weighted by atomic mass is 9.96. The average molecular weight is 339 g/mol. The van der Waals surface area contributed by atoms with Crippen LogP contribution in [-0.4, -0.2) is 36.0 Å². The molecule has 1 saturated carbocycles. The molecule has 6 nitrogen and oxygen atoms in total. The fourth-order valence-corrected chi connectivity index (χ4v) is 3.02. The molecule has 2 aromatic rings. The summed E-state index contributed by atoms with van der Waals surface area (Å²) in [4.78, 5) is 23.1. The zero-order valence-electron chi connectivity index (χ0n) is 14.8. The van der Waals surface area contributed by atoms with Crippen molar-refractivity contribution in [3.63, 3.8) is 0 Å². The summed E-state index contributed by atoms with van der Waals surface area (Å²) < 4.78 is 0. The van der Waals surface area contributed by atoms with E-state index in [4.69, 9.17) is 0 Å². The first kappa shape index (κ1) is 17.2. The predicted octanol–water partition coefficient (Wildman–Crippen LogP) is 3.54. The number of hydrogen-bond acceptors (Lipinski definition) is 5. The Morgan fingerprint density at radius 1 is 1.08 bits per heavy atom. The summed E-state index contributed by atoms with van der Waals surface area (Å²) in [6, 6.07) is 9.74. The number of carbonyl (C=O) groups excluding carboxylic acids is 1. The van der Waals surface area contributed by atoms with E-state index in [2.05, 4.69) is 20.6 Å². The van der Waals surface area contributed by atoms with Gasteiger partial charge in [0.15, 0.2) is 0 Å². The summed E-state index contributed by atoms with van der Waals surface area (Å²) in [5, 5.41) is 6.23. The number of amides is 1. The molecule has 0 atom stereocenters. The van der Waals surface area contributed by atoms with Crippen LogP contribution >= 0.6 is 0 Å². The summed E-state index contributed by atoms with van der Waals surface area (Å²) in [5.74, 6) is 0.300. The first-order valence-electron chi connectivity index (χ1n) is 8.80. The molecule has 1 heterocycles. The molecule has 1 aromatic carbocycles. The fourth-order valence-electron chi connectivity index (χ4n) is 3.02. The van der Waals surface area contributed by atoms with Crippen LogP contribution in [0.4, 0.5) is 17.3 Å². The van der Waals surface area contributed by atoms with Crippen molar-refractivity contribution in [3.8, 4) is 0 Å². The Bertz CT molecular complexity index is 708. The van der Waals surface area contributed by atoms with Crippen LogP contribution in [-0.2, 0) is 0 Å². The second-order valence-electron chi connectivity index (χ2n) is 6.64. The second-order valence-corrected chi connectivity index (χ2v) is 6.64. The highest BCUT2D eigenvalue weighted by Crippen LogP contribution is 2.20. The summed E-state index contributed by atoms with van der Waals surface area (Å²) in [6.07, 6.45) is 7.67. The van der Waals surface area contributed by atoms with Crippen LogP contribution in [0.25, 0.3) is 0 Å². The molecule has 1 fully saturated rings. The summed E-state index contributed by atoms with van der Waals surface area (Å²) >= 11 is 0. The van der Waals surface area contributed by atoms with E-state index in [0.717, 1.165) is 24.2 Å². The lowest BCUT2D eigenvalue weighted by Crippen LogP contribution is -2.24. The maximum Gasteiger partial charge on any atom is 0.274 e. The first-order chi connectivity index (χ1) is 12.1. The Labute approximate surface area is 148 Å². The Morgan fingerprint density at radius 2 is 1.80 bits per heavy atom. The van der Waals surface area contributed by atoms with Gasteiger partial charge in [0, 0.05) is 37.7 Å². The number of nitrogens with zero attached hydrogens (tertiary/aromatic N) is 3. The zero-order valence-corrected chi connectivity index (χ0v) is 14.8. The van der Waals surface area contributed by atoms with E-state index >= 15 is 0 Å². The van der Waals surface area contributed by atoms with Gasteiger partial charge in [-0.25, -0.2) is 9.97 Å². The molecule has 0 aliphatic heterocycles. The molecule has 0 unspecified atom stereocenters. The summed E-state index contributed by atoms with van der Waals surface area (Å²) in [6.45, 7) is 0. The number of anilines is 3. The Hall–Kier alpha value is -2.63. The van der Waals surface area contributed by atoms with Gasteiger partial charge in [-0.2, -0.15) is 0 Å². The molecule has 0 spiro atoms. The number of hydrogen-bond donors (Lipinski definition) is 2. The average Bonchev–Trinajstić information content (AvgIpc) is 2.63. The Balaban J connectivity index is 1.64. The van der Waals surface area contributed by atoms with Crippen LogP contribution in [0.2, 0.25) is 0 Å². The van der Waals surface area contributed by atoms with Gasteiger partial charge in [0.05, 0.1) is 0 Å². The van der Waals surface area contributed by atoms with Gasteiger partial charge >= 0.3 is 0 Å². The molecular formula is C19H25N5O. The van der Waals surface area contributed by atoms with Gasteiger partial charge < -0.3 is 15.5 Å². The van der Waals surface area contributed by atoms with Gasteiger partial charge in [0.25, 0.3) is 5.91 Å². The lowest BCUT2D eigenvalue weighted by molar-refractivity contribution is 0.102. The SMILES string of the molecule is CN(C)c1ccc(NC(=O)c2ccnc(NC3CCCCC3)n2)cc1. The van der Waals surface area contributed by atoms with Crippen LogP contribution in [0, 0.1) is 0 Å². The van der Waals surface area contributed by atoms with E-state index in [0.29, 0.717) is 17.7 Å². The van der Waals surface area contributed by atoms with Crippen molar-refractivity contribution in [2.75, 3.05) is 29.6 Å². The number of aromatic nitrogens is 2. The van der Waals surface area contributed by atoms with Crippen molar-refractivity contribution in [1.82, 2.24) is 9.97 Å². The van der Waals surface area contributed by atoms with Crippen molar-refractivity contribution >= 4 is 23.2 Å². The first-order valence-corrected chi connectivity index (χ1v) is 8.80. The van der Waals surface area contributed by atoms with Crippen molar-refractivity contribution in [2.24, 2.45) is 0 Å². The standard InChI is InChI=1S/C19H25N5O/c1-24(2)16-10-8-15(9-11-16)21-18(25)17-12-13-20-19(23-17)22-14-6-4-3-5-7-14/h8-14H,3-7H2,1-2H3,(H,21,25)(H,20,22,23). The number of carbonyl (C=O) groups is 1. The molecule has 2 N–H and O–H groups in total. The van der Waals surface area contributed by atoms with Gasteiger partial charge in [-0.3, -0.25) is 4.79 Å². The van der Waals surface area contributed by atoms with E-state index in [1.165, 1.54) is 19.3 Å². The Morgan fingerprint density at radius 3 is 2.48 bits per heavy atom. The predicted molar refractivity (Wildman–Crippen MR) is 101 cm³/mol. The van der Waals surface area contributed by atoms with E-state index in [1.807, 2.05) is 43.3 Å². The van der Waals surface area contributed by atoms with Gasteiger partial charge in [0.1, 0.15) is 5.69 Å². The van der Waals surface area contributed by atoms with Gasteiger partial charge in [-0.05, 0) is 43.2 Å². The van der Waals surface area contributed by atoms with Crippen LogP contribution in [0.3, 0.4) is 0 Å². The minimum absolute atomic E-state index is 0.230. The number of benzene rings is 1. The number of nitrogens with one attached hydrogen (secondary N) is 2. The topological polar surface area (TPSA) is 70.2 Å². The third-order valence-electron chi connectivity index (χ3n) is 4.47. The highest BCUT2D eigenvalue weighted by molar-refractivity contribution is 6.03. The third kappa shape index (κ3) is 4.68. The molecule has 0 bridgehead atoms. The second kappa shape index (κ2) is 7.96. The summed E-state index contributed by atoms with van der Waals surface area (Å²) in [7, 11) is 3.96. The molecule has 0 radical (unpaired) electrons. The molecule has 6 heteroatoms. The van der Waals surface area contributed by atoms with E-state index in [-0.39, 0.29) is 5.91 Å². The molecule has 1 aromatic heterocycles. The minimum atomic E-state index is -0.230. The molecular weight excluding hydrogens is 314 g/mol. The highest BCUT2D eigenvalue weighted by atomic mass is 16.1. The monoisotopic (exact) mass is 339 g/mol. The van der Waals surface area contributed by atoms with Gasteiger partial charge in [-0.15, -0.1) is 0 Å². The fraction of sp³-hybridized carbons (Fsp3) is 0.421. The van der Waals surface area contributed by atoms with E-state index in [1.54, 1.807) is 12.3 Å². The van der Waals surface area contributed by atoms with Crippen molar-refractivity contribution in [2.45, 2.75) is 38.1 Å². The highest BCUT2D eigenvalue weighted by Gasteiger charge is 2.15. The maximum absolute atomic E-state index is 12.4.